The lowest BCUT2D eigenvalue weighted by molar-refractivity contribution is -0.173. The maximum absolute atomic E-state index is 11.9. The van der Waals surface area contributed by atoms with Gasteiger partial charge in [0.1, 0.15) is 0 Å². The van der Waals surface area contributed by atoms with E-state index in [0.29, 0.717) is 0 Å². The fraction of sp³-hybridized carbons (Fsp3) is 0.846. The smallest absolute Gasteiger partial charge is 0.353 e. The van der Waals surface area contributed by atoms with Gasteiger partial charge in [-0.25, -0.2) is 0 Å². The predicted molar refractivity (Wildman–Crippen MR) is 67.9 cm³/mol. The third-order valence-electron chi connectivity index (χ3n) is 3.37. The molecule has 0 spiro atoms. The molecule has 0 heterocycles. The Hall–Kier alpha value is -1.27. The van der Waals surface area contributed by atoms with E-state index >= 15 is 0 Å². The van der Waals surface area contributed by atoms with Gasteiger partial charge >= 0.3 is 12.1 Å². The molecule has 1 aliphatic carbocycles. The molecule has 1 fully saturated rings. The summed E-state index contributed by atoms with van der Waals surface area (Å²) < 4.78 is 35.8. The number of rotatable bonds is 4. The molecule has 116 valence electrons. The van der Waals surface area contributed by atoms with Gasteiger partial charge in [-0.3, -0.25) is 9.59 Å². The highest BCUT2D eigenvalue weighted by atomic mass is 19.4. The molecule has 1 saturated carbocycles. The van der Waals surface area contributed by atoms with E-state index in [2.05, 4.69) is 5.32 Å². The van der Waals surface area contributed by atoms with Crippen LogP contribution in [-0.4, -0.2) is 30.6 Å². The fourth-order valence-corrected chi connectivity index (χ4v) is 2.29. The minimum Gasteiger partial charge on any atom is -0.353 e. The fourth-order valence-electron chi connectivity index (χ4n) is 2.29. The maximum atomic E-state index is 11.9. The van der Waals surface area contributed by atoms with Crippen molar-refractivity contribution in [2.75, 3.05) is 6.54 Å². The van der Waals surface area contributed by atoms with Gasteiger partial charge in [0, 0.05) is 19.0 Å². The Bertz CT molecular complexity index is 324. The lowest BCUT2D eigenvalue weighted by Gasteiger charge is -2.21. The highest BCUT2D eigenvalue weighted by molar-refractivity contribution is 5.82. The van der Waals surface area contributed by atoms with Crippen molar-refractivity contribution < 1.29 is 22.8 Å². The minimum absolute atomic E-state index is 0.112. The molecule has 0 bridgehead atoms. The van der Waals surface area contributed by atoms with E-state index in [4.69, 9.17) is 0 Å². The molecule has 20 heavy (non-hydrogen) atoms. The third kappa shape index (κ3) is 6.77. The quantitative estimate of drug-likeness (QED) is 0.835. The lowest BCUT2D eigenvalue weighted by atomic mass is 9.96. The lowest BCUT2D eigenvalue weighted by Crippen LogP contribution is -2.40. The molecule has 0 aliphatic heterocycles. The summed E-state index contributed by atoms with van der Waals surface area (Å²) in [6.45, 7) is -0.295. The molecule has 4 nitrogen and oxygen atoms in total. The van der Waals surface area contributed by atoms with Crippen molar-refractivity contribution in [2.24, 2.45) is 0 Å². The molecule has 0 aromatic carbocycles. The summed E-state index contributed by atoms with van der Waals surface area (Å²) in [5.41, 5.74) is 0. The Morgan fingerprint density at radius 1 is 1.00 bits per heavy atom. The van der Waals surface area contributed by atoms with E-state index in [9.17, 15) is 22.8 Å². The zero-order chi connectivity index (χ0) is 15.0. The van der Waals surface area contributed by atoms with Crippen LogP contribution in [0.25, 0.3) is 0 Å². The summed E-state index contributed by atoms with van der Waals surface area (Å²) >= 11 is 0. The van der Waals surface area contributed by atoms with E-state index in [0.717, 1.165) is 38.5 Å². The van der Waals surface area contributed by atoms with Crippen LogP contribution in [0, 0.1) is 0 Å². The second-order valence-corrected chi connectivity index (χ2v) is 5.11. The van der Waals surface area contributed by atoms with Crippen LogP contribution in [0.2, 0.25) is 0 Å². The van der Waals surface area contributed by atoms with Gasteiger partial charge in [-0.1, -0.05) is 32.1 Å². The van der Waals surface area contributed by atoms with E-state index in [1.54, 1.807) is 5.32 Å². The second kappa shape index (κ2) is 8.11. The SMILES string of the molecule is O=C(CCNC(=O)C(F)(F)F)NC1CCCCCCC1. The Kier molecular flexibility index (Phi) is 6.81. The van der Waals surface area contributed by atoms with E-state index in [-0.39, 0.29) is 24.9 Å². The Labute approximate surface area is 116 Å². The summed E-state index contributed by atoms with van der Waals surface area (Å²) in [6.07, 6.45) is 2.49. The number of halogens is 3. The first kappa shape index (κ1) is 16.8. The van der Waals surface area contributed by atoms with Crippen LogP contribution in [0.15, 0.2) is 0 Å². The van der Waals surface area contributed by atoms with Crippen LogP contribution in [0.5, 0.6) is 0 Å². The summed E-state index contributed by atoms with van der Waals surface area (Å²) in [4.78, 5) is 22.1. The van der Waals surface area contributed by atoms with Gasteiger partial charge in [-0.15, -0.1) is 0 Å². The molecule has 0 aromatic heterocycles. The Morgan fingerprint density at radius 2 is 1.55 bits per heavy atom. The topological polar surface area (TPSA) is 58.2 Å². The van der Waals surface area contributed by atoms with E-state index < -0.39 is 12.1 Å². The van der Waals surface area contributed by atoms with Crippen molar-refractivity contribution >= 4 is 11.8 Å². The molecule has 2 amide bonds. The van der Waals surface area contributed by atoms with Crippen molar-refractivity contribution in [3.8, 4) is 0 Å². The Balaban J connectivity index is 2.20. The van der Waals surface area contributed by atoms with Crippen molar-refractivity contribution in [1.82, 2.24) is 10.6 Å². The van der Waals surface area contributed by atoms with Crippen molar-refractivity contribution in [2.45, 2.75) is 63.6 Å². The van der Waals surface area contributed by atoms with E-state index in [1.807, 2.05) is 0 Å². The van der Waals surface area contributed by atoms with Crippen LogP contribution >= 0.6 is 0 Å². The first-order valence-electron chi connectivity index (χ1n) is 7.04. The molecule has 0 saturated heterocycles. The number of amides is 2. The zero-order valence-electron chi connectivity index (χ0n) is 11.4. The number of carbonyl (C=O) groups excluding carboxylic acids is 2. The Morgan fingerprint density at radius 3 is 2.10 bits per heavy atom. The third-order valence-corrected chi connectivity index (χ3v) is 3.37. The normalized spacial score (nSPS) is 17.9. The number of hydrogen-bond donors (Lipinski definition) is 2. The average Bonchev–Trinajstić information content (AvgIpc) is 2.31. The molecule has 2 N–H and O–H groups in total. The van der Waals surface area contributed by atoms with Crippen molar-refractivity contribution in [3.05, 3.63) is 0 Å². The number of hydrogen-bond acceptors (Lipinski definition) is 2. The summed E-state index contributed by atoms with van der Waals surface area (Å²) in [5, 5.41) is 4.52. The average molecular weight is 294 g/mol. The van der Waals surface area contributed by atoms with E-state index in [1.165, 1.54) is 6.42 Å². The molecule has 0 radical (unpaired) electrons. The molecule has 0 unspecified atom stereocenters. The number of alkyl halides is 3. The molecule has 0 aromatic rings. The van der Waals surface area contributed by atoms with Gasteiger partial charge in [0.15, 0.2) is 0 Å². The molecule has 1 aliphatic rings. The minimum atomic E-state index is -4.89. The molecule has 1 rings (SSSR count). The van der Waals surface area contributed by atoms with Crippen LogP contribution in [0.3, 0.4) is 0 Å². The van der Waals surface area contributed by atoms with Gasteiger partial charge in [-0.05, 0) is 12.8 Å². The highest BCUT2D eigenvalue weighted by Gasteiger charge is 2.38. The van der Waals surface area contributed by atoms with Crippen LogP contribution in [0.1, 0.15) is 51.4 Å². The van der Waals surface area contributed by atoms with Gasteiger partial charge in [0.2, 0.25) is 5.91 Å². The second-order valence-electron chi connectivity index (χ2n) is 5.11. The van der Waals surface area contributed by atoms with Crippen molar-refractivity contribution in [1.29, 1.82) is 0 Å². The predicted octanol–water partition coefficient (Wildman–Crippen LogP) is 2.28. The summed E-state index contributed by atoms with van der Waals surface area (Å²) in [5.74, 6) is -2.31. The van der Waals surface area contributed by atoms with Gasteiger partial charge < -0.3 is 10.6 Å². The molecule has 7 heteroatoms. The number of carbonyl (C=O) groups is 2. The summed E-state index contributed by atoms with van der Waals surface area (Å²) in [6, 6.07) is 0.112. The van der Waals surface area contributed by atoms with Gasteiger partial charge in [0.05, 0.1) is 0 Å². The van der Waals surface area contributed by atoms with Crippen LogP contribution in [-0.2, 0) is 9.59 Å². The molecule has 0 atom stereocenters. The van der Waals surface area contributed by atoms with Crippen LogP contribution in [0.4, 0.5) is 13.2 Å². The first-order chi connectivity index (χ1) is 9.39. The largest absolute Gasteiger partial charge is 0.471 e. The highest BCUT2D eigenvalue weighted by Crippen LogP contribution is 2.17. The maximum Gasteiger partial charge on any atom is 0.471 e. The monoisotopic (exact) mass is 294 g/mol. The standard InChI is InChI=1S/C13H21F3N2O2/c14-13(15,16)12(20)17-9-8-11(19)18-10-6-4-2-1-3-5-7-10/h10H,1-9H2,(H,17,20)(H,18,19). The first-order valence-corrected chi connectivity index (χ1v) is 7.04. The summed E-state index contributed by atoms with van der Waals surface area (Å²) in [7, 11) is 0. The zero-order valence-corrected chi connectivity index (χ0v) is 11.4. The van der Waals surface area contributed by atoms with Crippen molar-refractivity contribution in [3.63, 3.8) is 0 Å². The molecular weight excluding hydrogens is 273 g/mol. The van der Waals surface area contributed by atoms with Crippen LogP contribution < -0.4 is 10.6 Å². The molecular formula is C13H21F3N2O2. The van der Waals surface area contributed by atoms with Gasteiger partial charge in [-0.2, -0.15) is 13.2 Å². The van der Waals surface area contributed by atoms with Gasteiger partial charge in [0.25, 0.3) is 0 Å². The number of nitrogens with one attached hydrogen (secondary N) is 2.